The van der Waals surface area contributed by atoms with Gasteiger partial charge in [-0.1, -0.05) is 0 Å². The molecule has 0 radical (unpaired) electrons. The van der Waals surface area contributed by atoms with Crippen molar-refractivity contribution in [1.82, 2.24) is 15.1 Å². The third-order valence-electron chi connectivity index (χ3n) is 2.15. The molecule has 5 heteroatoms. The van der Waals surface area contributed by atoms with Crippen molar-refractivity contribution in [3.05, 3.63) is 11.8 Å². The van der Waals surface area contributed by atoms with Crippen molar-refractivity contribution < 1.29 is 4.74 Å². The van der Waals surface area contributed by atoms with E-state index in [1.165, 1.54) is 0 Å². The molecule has 1 aromatic heterocycles. The van der Waals surface area contributed by atoms with Gasteiger partial charge in [0.15, 0.2) is 0 Å². The molecule has 5 nitrogen and oxygen atoms in total. The van der Waals surface area contributed by atoms with Crippen LogP contribution in [0, 0.1) is 0 Å². The first-order valence-electron chi connectivity index (χ1n) is 4.44. The number of hydrogen-bond acceptors (Lipinski definition) is 4. The highest BCUT2D eigenvalue weighted by atomic mass is 16.5. The smallest absolute Gasteiger partial charge is 0.145 e. The lowest BCUT2D eigenvalue weighted by atomic mass is 10.3. The number of anilines is 1. The van der Waals surface area contributed by atoms with Crippen LogP contribution in [0.4, 0.5) is 5.82 Å². The molecule has 0 aromatic carbocycles. The molecular formula is C8H14N4O. The van der Waals surface area contributed by atoms with E-state index in [2.05, 4.69) is 15.1 Å². The zero-order chi connectivity index (χ0) is 9.10. The first-order valence-corrected chi connectivity index (χ1v) is 4.44. The fraction of sp³-hybridized carbons (Fsp3) is 0.625. The van der Waals surface area contributed by atoms with Crippen molar-refractivity contribution >= 4 is 5.82 Å². The summed E-state index contributed by atoms with van der Waals surface area (Å²) in [5, 5.41) is 6.77. The molecule has 1 fully saturated rings. The van der Waals surface area contributed by atoms with E-state index in [4.69, 9.17) is 10.5 Å². The molecule has 1 aromatic rings. The second-order valence-corrected chi connectivity index (χ2v) is 3.21. The fourth-order valence-corrected chi connectivity index (χ4v) is 1.46. The molecule has 0 unspecified atom stereocenters. The van der Waals surface area contributed by atoms with Crippen LogP contribution in [0.5, 0.6) is 0 Å². The quantitative estimate of drug-likeness (QED) is 0.666. The lowest BCUT2D eigenvalue weighted by Crippen LogP contribution is -2.35. The van der Waals surface area contributed by atoms with Gasteiger partial charge in [-0.15, -0.1) is 0 Å². The van der Waals surface area contributed by atoms with Gasteiger partial charge in [0.2, 0.25) is 0 Å². The van der Waals surface area contributed by atoms with E-state index in [9.17, 15) is 0 Å². The van der Waals surface area contributed by atoms with Crippen LogP contribution in [0.2, 0.25) is 0 Å². The lowest BCUT2D eigenvalue weighted by Gasteiger charge is -2.25. The number of aromatic amines is 1. The molecule has 3 N–H and O–H groups in total. The maximum absolute atomic E-state index is 5.50. The number of morpholine rings is 1. The fourth-order valence-electron chi connectivity index (χ4n) is 1.46. The van der Waals surface area contributed by atoms with Crippen molar-refractivity contribution in [2.24, 2.45) is 0 Å². The average Bonchev–Trinajstić information content (AvgIpc) is 2.53. The summed E-state index contributed by atoms with van der Waals surface area (Å²) in [5.41, 5.74) is 6.57. The molecule has 1 aliphatic rings. The van der Waals surface area contributed by atoms with Crippen LogP contribution in [0.3, 0.4) is 0 Å². The second kappa shape index (κ2) is 3.76. The highest BCUT2D eigenvalue weighted by Crippen LogP contribution is 2.06. The number of ether oxygens (including phenoxy) is 1. The van der Waals surface area contributed by atoms with E-state index in [1.54, 1.807) is 0 Å². The molecule has 2 heterocycles. The Labute approximate surface area is 76.9 Å². The Morgan fingerprint density at radius 3 is 2.92 bits per heavy atom. The number of nitrogens with one attached hydrogen (secondary N) is 1. The summed E-state index contributed by atoms with van der Waals surface area (Å²) in [5.74, 6) is 0.559. The van der Waals surface area contributed by atoms with E-state index < -0.39 is 0 Å². The van der Waals surface area contributed by atoms with Crippen LogP contribution >= 0.6 is 0 Å². The van der Waals surface area contributed by atoms with E-state index in [1.807, 2.05) is 6.07 Å². The number of hydrogen-bond donors (Lipinski definition) is 2. The topological polar surface area (TPSA) is 67.2 Å². The summed E-state index contributed by atoms with van der Waals surface area (Å²) >= 11 is 0. The molecule has 0 spiro atoms. The van der Waals surface area contributed by atoms with Crippen molar-refractivity contribution in [1.29, 1.82) is 0 Å². The van der Waals surface area contributed by atoms with Gasteiger partial charge in [0.05, 0.1) is 18.9 Å². The van der Waals surface area contributed by atoms with Gasteiger partial charge in [-0.3, -0.25) is 10.00 Å². The predicted molar refractivity (Wildman–Crippen MR) is 49.1 cm³/mol. The standard InChI is InChI=1S/C8H14N4O/c9-8-5-7(10-11-8)6-12-1-3-13-4-2-12/h5H,1-4,6H2,(H3,9,10,11). The first-order chi connectivity index (χ1) is 6.34. The Kier molecular flexibility index (Phi) is 2.47. The van der Waals surface area contributed by atoms with E-state index in [0.717, 1.165) is 38.5 Å². The third kappa shape index (κ3) is 2.19. The molecule has 1 saturated heterocycles. The molecule has 0 bridgehead atoms. The number of nitrogens with two attached hydrogens (primary N) is 1. The van der Waals surface area contributed by atoms with Gasteiger partial charge in [-0.05, 0) is 0 Å². The third-order valence-corrected chi connectivity index (χ3v) is 2.15. The Morgan fingerprint density at radius 1 is 1.54 bits per heavy atom. The molecular weight excluding hydrogens is 168 g/mol. The van der Waals surface area contributed by atoms with Gasteiger partial charge in [0.1, 0.15) is 5.82 Å². The number of rotatable bonds is 2. The monoisotopic (exact) mass is 182 g/mol. The predicted octanol–water partition coefficient (Wildman–Crippen LogP) is -0.176. The van der Waals surface area contributed by atoms with Gasteiger partial charge in [-0.2, -0.15) is 5.10 Å². The summed E-state index contributed by atoms with van der Waals surface area (Å²) in [6.07, 6.45) is 0. The van der Waals surface area contributed by atoms with Crippen molar-refractivity contribution in [2.45, 2.75) is 6.54 Å². The normalized spacial score (nSPS) is 19.1. The summed E-state index contributed by atoms with van der Waals surface area (Å²) in [6.45, 7) is 4.50. The van der Waals surface area contributed by atoms with Crippen LogP contribution in [0.15, 0.2) is 6.07 Å². The number of aromatic nitrogens is 2. The molecule has 0 amide bonds. The van der Waals surface area contributed by atoms with Crippen LogP contribution in [0.25, 0.3) is 0 Å². The second-order valence-electron chi connectivity index (χ2n) is 3.21. The van der Waals surface area contributed by atoms with Gasteiger partial charge in [0, 0.05) is 25.7 Å². The molecule has 0 saturated carbocycles. The van der Waals surface area contributed by atoms with E-state index in [-0.39, 0.29) is 0 Å². The molecule has 0 atom stereocenters. The largest absolute Gasteiger partial charge is 0.382 e. The molecule has 2 rings (SSSR count). The lowest BCUT2D eigenvalue weighted by molar-refractivity contribution is 0.0336. The minimum atomic E-state index is 0.559. The van der Waals surface area contributed by atoms with E-state index in [0.29, 0.717) is 5.82 Å². The Balaban J connectivity index is 1.89. The van der Waals surface area contributed by atoms with Crippen LogP contribution in [-0.4, -0.2) is 41.4 Å². The molecule has 0 aliphatic carbocycles. The van der Waals surface area contributed by atoms with Crippen molar-refractivity contribution in [3.8, 4) is 0 Å². The van der Waals surface area contributed by atoms with Gasteiger partial charge in [-0.25, -0.2) is 0 Å². The Hall–Kier alpha value is -1.07. The number of nitrogen functional groups attached to an aromatic ring is 1. The van der Waals surface area contributed by atoms with Gasteiger partial charge >= 0.3 is 0 Å². The molecule has 72 valence electrons. The minimum Gasteiger partial charge on any atom is -0.382 e. The molecule has 1 aliphatic heterocycles. The van der Waals surface area contributed by atoms with Gasteiger partial charge in [0.25, 0.3) is 0 Å². The Morgan fingerprint density at radius 2 is 2.31 bits per heavy atom. The van der Waals surface area contributed by atoms with Crippen LogP contribution in [-0.2, 0) is 11.3 Å². The maximum atomic E-state index is 5.50. The van der Waals surface area contributed by atoms with E-state index >= 15 is 0 Å². The first kappa shape index (κ1) is 8.52. The van der Waals surface area contributed by atoms with Crippen LogP contribution < -0.4 is 5.73 Å². The highest BCUT2D eigenvalue weighted by molar-refractivity contribution is 5.28. The van der Waals surface area contributed by atoms with Crippen molar-refractivity contribution in [2.75, 3.05) is 32.0 Å². The highest BCUT2D eigenvalue weighted by Gasteiger charge is 2.11. The number of H-pyrrole nitrogens is 1. The zero-order valence-electron chi connectivity index (χ0n) is 7.49. The summed E-state index contributed by atoms with van der Waals surface area (Å²) < 4.78 is 5.25. The summed E-state index contributed by atoms with van der Waals surface area (Å²) in [6, 6.07) is 1.87. The Bertz CT molecular complexity index is 267. The zero-order valence-corrected chi connectivity index (χ0v) is 7.49. The van der Waals surface area contributed by atoms with Gasteiger partial charge < -0.3 is 10.5 Å². The summed E-state index contributed by atoms with van der Waals surface area (Å²) in [7, 11) is 0. The summed E-state index contributed by atoms with van der Waals surface area (Å²) in [4.78, 5) is 2.32. The minimum absolute atomic E-state index is 0.559. The maximum Gasteiger partial charge on any atom is 0.145 e. The average molecular weight is 182 g/mol. The molecule has 13 heavy (non-hydrogen) atoms. The number of nitrogens with zero attached hydrogens (tertiary/aromatic N) is 2. The van der Waals surface area contributed by atoms with Crippen LogP contribution in [0.1, 0.15) is 5.69 Å². The SMILES string of the molecule is Nc1cc(CN2CCOCC2)[nH]n1. The van der Waals surface area contributed by atoms with Crippen molar-refractivity contribution in [3.63, 3.8) is 0 Å².